The zero-order valence-electron chi connectivity index (χ0n) is 11.9. The first-order valence-electron chi connectivity index (χ1n) is 6.55. The van der Waals surface area contributed by atoms with E-state index < -0.39 is 17.8 Å². The lowest BCUT2D eigenvalue weighted by Gasteiger charge is -2.40. The molecule has 0 aromatic rings. The number of alkyl halides is 2. The fourth-order valence-electron chi connectivity index (χ4n) is 1.99. The third-order valence-corrected chi connectivity index (χ3v) is 6.55. The Bertz CT molecular complexity index is 462. The monoisotopic (exact) mass is 382 g/mol. The average Bonchev–Trinajstić information content (AvgIpc) is 2.39. The molecule has 0 aromatic heterocycles. The van der Waals surface area contributed by atoms with Crippen molar-refractivity contribution in [2.24, 2.45) is 0 Å². The second kappa shape index (κ2) is 9.03. The summed E-state index contributed by atoms with van der Waals surface area (Å²) in [5, 5.41) is 0. The lowest BCUT2D eigenvalue weighted by atomic mass is 10.4. The van der Waals surface area contributed by atoms with Crippen LogP contribution in [0.25, 0.3) is 0 Å². The summed E-state index contributed by atoms with van der Waals surface area (Å²) in [7, 11) is -6.76. The summed E-state index contributed by atoms with van der Waals surface area (Å²) in [6.45, 7) is 1.81. The zero-order chi connectivity index (χ0) is 15.9. The third kappa shape index (κ3) is 6.31. The van der Waals surface area contributed by atoms with Crippen LogP contribution in [-0.4, -0.2) is 75.2 Å². The summed E-state index contributed by atoms with van der Waals surface area (Å²) in [6, 6.07) is 0. The van der Waals surface area contributed by atoms with Crippen molar-refractivity contribution in [1.82, 2.24) is 9.34 Å². The molecule has 1 unspecified atom stereocenters. The van der Waals surface area contributed by atoms with Crippen LogP contribution < -0.4 is 0 Å². The molecule has 0 aliphatic carbocycles. The first kappa shape index (κ1) is 19.6. The first-order chi connectivity index (χ1) is 9.83. The Hall–Kier alpha value is 0.600. The van der Waals surface area contributed by atoms with Crippen LogP contribution in [0.3, 0.4) is 0 Å². The molecule has 1 saturated heterocycles. The highest BCUT2D eigenvalue weighted by molar-refractivity contribution is 7.85. The number of hydrogen-bond acceptors (Lipinski definition) is 5. The topological polar surface area (TPSA) is 76.2 Å². The van der Waals surface area contributed by atoms with Crippen LogP contribution in [0.4, 0.5) is 0 Å². The molecule has 0 N–H and O–H groups in total. The van der Waals surface area contributed by atoms with Crippen LogP contribution in [0.2, 0.25) is 0 Å². The van der Waals surface area contributed by atoms with Crippen molar-refractivity contribution in [3.05, 3.63) is 0 Å². The quantitative estimate of drug-likeness (QED) is 0.340. The number of halogens is 2. The summed E-state index contributed by atoms with van der Waals surface area (Å²) >= 11 is 11.5. The second-order valence-electron chi connectivity index (χ2n) is 4.49. The fourth-order valence-corrected chi connectivity index (χ4v) is 5.50. The lowest BCUT2D eigenvalue weighted by Crippen LogP contribution is -2.40. The highest BCUT2D eigenvalue weighted by atomic mass is 35.5. The Labute approximate surface area is 136 Å². The largest absolute Gasteiger partial charge is 0.346 e. The molecule has 1 heterocycles. The van der Waals surface area contributed by atoms with E-state index in [9.17, 15) is 13.0 Å². The van der Waals surface area contributed by atoms with Crippen molar-refractivity contribution in [3.63, 3.8) is 0 Å². The SMILES string of the molecule is CS(=O)(=O)OCCN(CCCl)P1(=O)OCCCN1CCCl. The second-order valence-corrected chi connectivity index (χ2v) is 9.26. The van der Waals surface area contributed by atoms with Crippen molar-refractivity contribution in [1.29, 1.82) is 0 Å². The van der Waals surface area contributed by atoms with Crippen LogP contribution in [0.1, 0.15) is 6.42 Å². The molecule has 1 rings (SSSR count). The molecule has 7 nitrogen and oxygen atoms in total. The van der Waals surface area contributed by atoms with Gasteiger partial charge in [-0.05, 0) is 6.42 Å². The van der Waals surface area contributed by atoms with Gasteiger partial charge in [-0.3, -0.25) is 8.75 Å². The van der Waals surface area contributed by atoms with Crippen LogP contribution in [0, 0.1) is 0 Å². The Morgan fingerprint density at radius 2 is 2.05 bits per heavy atom. The summed E-state index contributed by atoms with van der Waals surface area (Å²) in [5.74, 6) is 0.586. The van der Waals surface area contributed by atoms with E-state index in [1.807, 2.05) is 0 Å². The van der Waals surface area contributed by atoms with Gasteiger partial charge in [0.25, 0.3) is 10.1 Å². The van der Waals surface area contributed by atoms with Crippen LogP contribution in [-0.2, 0) is 23.4 Å². The Morgan fingerprint density at radius 3 is 2.62 bits per heavy atom. The van der Waals surface area contributed by atoms with E-state index in [2.05, 4.69) is 0 Å². The van der Waals surface area contributed by atoms with Crippen molar-refractivity contribution < 1.29 is 21.7 Å². The van der Waals surface area contributed by atoms with Gasteiger partial charge in [0.05, 0.1) is 19.5 Å². The predicted octanol–water partition coefficient (Wildman–Crippen LogP) is 1.57. The molecule has 1 atom stereocenters. The Kier molecular flexibility index (Phi) is 8.45. The van der Waals surface area contributed by atoms with Gasteiger partial charge in [-0.1, -0.05) is 0 Å². The average molecular weight is 383 g/mol. The predicted molar refractivity (Wildman–Crippen MR) is 83.6 cm³/mol. The molecule has 0 bridgehead atoms. The molecular weight excluding hydrogens is 362 g/mol. The normalized spacial score (nSPS) is 24.6. The molecule has 1 fully saturated rings. The summed E-state index contributed by atoms with van der Waals surface area (Å²) < 4.78 is 48.6. The molecule has 0 radical (unpaired) electrons. The Balaban J connectivity index is 2.77. The van der Waals surface area contributed by atoms with Crippen LogP contribution >= 0.6 is 30.9 Å². The van der Waals surface area contributed by atoms with Gasteiger partial charge in [-0.15, -0.1) is 23.2 Å². The number of hydrogen-bond donors (Lipinski definition) is 0. The first-order valence-corrected chi connectivity index (χ1v) is 11.0. The Morgan fingerprint density at radius 1 is 1.33 bits per heavy atom. The standard InChI is InChI=1S/C10H21Cl2N2O5PS/c1-21(16,17)19-10-8-14(7-4-12)20(15)13(6-3-11)5-2-9-18-20/h2-10H2,1H3. The molecular formula is C10H21Cl2N2O5PS. The zero-order valence-corrected chi connectivity index (χ0v) is 15.1. The van der Waals surface area contributed by atoms with Crippen molar-refractivity contribution in [2.75, 3.05) is 57.4 Å². The maximum Gasteiger partial charge on any atom is 0.346 e. The van der Waals surface area contributed by atoms with Crippen LogP contribution in [0.15, 0.2) is 0 Å². The highest BCUT2D eigenvalue weighted by Gasteiger charge is 2.40. The van der Waals surface area contributed by atoms with Gasteiger partial charge in [0.15, 0.2) is 0 Å². The molecule has 21 heavy (non-hydrogen) atoms. The van der Waals surface area contributed by atoms with E-state index in [0.717, 1.165) is 12.7 Å². The van der Waals surface area contributed by atoms with E-state index in [1.165, 1.54) is 0 Å². The van der Waals surface area contributed by atoms with Crippen molar-refractivity contribution >= 4 is 41.0 Å². The molecule has 0 saturated carbocycles. The van der Waals surface area contributed by atoms with E-state index in [-0.39, 0.29) is 19.0 Å². The number of nitrogens with zero attached hydrogens (tertiary/aromatic N) is 2. The van der Waals surface area contributed by atoms with Gasteiger partial charge in [0.2, 0.25) is 0 Å². The van der Waals surface area contributed by atoms with E-state index in [1.54, 1.807) is 9.34 Å². The van der Waals surface area contributed by atoms with E-state index >= 15 is 0 Å². The highest BCUT2D eigenvalue weighted by Crippen LogP contribution is 2.56. The maximum atomic E-state index is 13.1. The van der Waals surface area contributed by atoms with Crippen LogP contribution in [0.5, 0.6) is 0 Å². The fraction of sp³-hybridized carbons (Fsp3) is 1.00. The molecule has 1 aliphatic heterocycles. The molecule has 0 amide bonds. The number of rotatable bonds is 9. The molecule has 0 aromatic carbocycles. The summed E-state index contributed by atoms with van der Waals surface area (Å²) in [5.41, 5.74) is 0. The summed E-state index contributed by atoms with van der Waals surface area (Å²) in [4.78, 5) is 0. The minimum atomic E-state index is -3.53. The smallest absolute Gasteiger partial charge is 0.306 e. The van der Waals surface area contributed by atoms with Gasteiger partial charge in [-0.2, -0.15) is 8.42 Å². The van der Waals surface area contributed by atoms with Gasteiger partial charge >= 0.3 is 7.67 Å². The minimum Gasteiger partial charge on any atom is -0.306 e. The van der Waals surface area contributed by atoms with E-state index in [4.69, 9.17) is 31.9 Å². The third-order valence-electron chi connectivity index (χ3n) is 2.87. The van der Waals surface area contributed by atoms with Gasteiger partial charge < -0.3 is 4.52 Å². The minimum absolute atomic E-state index is 0.0994. The molecule has 11 heteroatoms. The van der Waals surface area contributed by atoms with E-state index in [0.29, 0.717) is 32.1 Å². The molecule has 1 aliphatic rings. The van der Waals surface area contributed by atoms with Gasteiger partial charge in [0.1, 0.15) is 0 Å². The van der Waals surface area contributed by atoms with Gasteiger partial charge in [0, 0.05) is 37.9 Å². The van der Waals surface area contributed by atoms with Crippen molar-refractivity contribution in [3.8, 4) is 0 Å². The van der Waals surface area contributed by atoms with Gasteiger partial charge in [-0.25, -0.2) is 9.34 Å². The lowest BCUT2D eigenvalue weighted by molar-refractivity contribution is 0.161. The molecule has 0 spiro atoms. The summed E-state index contributed by atoms with van der Waals surface area (Å²) in [6.07, 6.45) is 1.74. The molecule has 126 valence electrons. The maximum absolute atomic E-state index is 13.1. The van der Waals surface area contributed by atoms with Crippen molar-refractivity contribution in [2.45, 2.75) is 6.42 Å².